The minimum atomic E-state index is -1.13. The van der Waals surface area contributed by atoms with E-state index in [1.165, 1.54) is 14.2 Å². The molecule has 0 unspecified atom stereocenters. The van der Waals surface area contributed by atoms with E-state index < -0.39 is 59.3 Å². The Hall–Kier alpha value is -5.89. The Morgan fingerprint density at radius 3 is 1.28 bits per heavy atom. The van der Waals surface area contributed by atoms with Crippen LogP contribution in [0.5, 0.6) is 0 Å². The van der Waals surface area contributed by atoms with Crippen molar-refractivity contribution in [3.63, 3.8) is 0 Å². The molecular formula is C50H60Cl4N4O13S. The summed E-state index contributed by atoms with van der Waals surface area (Å²) < 4.78 is 19.2. The van der Waals surface area contributed by atoms with Crippen LogP contribution in [0.25, 0.3) is 22.3 Å². The van der Waals surface area contributed by atoms with E-state index in [4.69, 9.17) is 71.5 Å². The van der Waals surface area contributed by atoms with Crippen LogP contribution in [0.1, 0.15) is 87.9 Å². The van der Waals surface area contributed by atoms with Gasteiger partial charge in [-0.3, -0.25) is 19.2 Å². The fraction of sp³-hybridized carbons (Fsp3) is 0.360. The third-order valence-electron chi connectivity index (χ3n) is 9.14. The number of amides is 3. The number of carbonyl (C=O) groups is 8. The van der Waals surface area contributed by atoms with Crippen LogP contribution in [0.4, 0.5) is 9.59 Å². The Morgan fingerprint density at radius 2 is 0.931 bits per heavy atom. The van der Waals surface area contributed by atoms with Crippen molar-refractivity contribution in [2.45, 2.75) is 90.5 Å². The zero-order valence-corrected chi connectivity index (χ0v) is 44.9. The third kappa shape index (κ3) is 23.6. The van der Waals surface area contributed by atoms with Gasteiger partial charge in [0, 0.05) is 12.8 Å². The second kappa shape index (κ2) is 30.9. The van der Waals surface area contributed by atoms with E-state index in [0.29, 0.717) is 0 Å². The number of esters is 2. The van der Waals surface area contributed by atoms with Gasteiger partial charge >= 0.3 is 30.1 Å². The molecule has 0 aliphatic carbocycles. The lowest BCUT2D eigenvalue weighted by Crippen LogP contribution is -2.42. The third-order valence-corrected chi connectivity index (χ3v) is 10.3. The molecule has 0 heterocycles. The molecule has 6 N–H and O–H groups in total. The second-order valence-corrected chi connectivity index (χ2v) is 18.8. The number of nitrogens with two attached hydrogens (primary N) is 1. The molecule has 0 saturated carbocycles. The van der Waals surface area contributed by atoms with Crippen LogP contribution in [0.15, 0.2) is 84.9 Å². The number of ketones is 2. The zero-order valence-electron chi connectivity index (χ0n) is 40.9. The molecule has 0 saturated heterocycles. The maximum atomic E-state index is 12.9. The fourth-order valence-corrected chi connectivity index (χ4v) is 7.13. The number of carboxylic acids is 1. The number of nitrogens with one attached hydrogen (secondary N) is 3. The summed E-state index contributed by atoms with van der Waals surface area (Å²) in [6.07, 6.45) is -1.27. The maximum Gasteiger partial charge on any atom is 0.408 e. The topological polar surface area (TPSA) is 256 Å². The van der Waals surface area contributed by atoms with Gasteiger partial charge in [0.2, 0.25) is 0 Å². The molecule has 2 atom stereocenters. The van der Waals surface area contributed by atoms with E-state index >= 15 is 0 Å². The van der Waals surface area contributed by atoms with Gasteiger partial charge < -0.3 is 45.7 Å². The Balaban J connectivity index is 0.000000590. The van der Waals surface area contributed by atoms with Crippen molar-refractivity contribution in [3.8, 4) is 22.3 Å². The minimum Gasteiger partial charge on any atom is -0.478 e. The molecule has 72 heavy (non-hydrogen) atoms. The van der Waals surface area contributed by atoms with Gasteiger partial charge in [-0.25, -0.2) is 19.2 Å². The number of hydrogen-bond donors (Lipinski definition) is 5. The molecular weight excluding hydrogens is 1040 g/mol. The van der Waals surface area contributed by atoms with Crippen LogP contribution in [0, 0.1) is 0 Å². The number of hydrogen-bond acceptors (Lipinski definition) is 13. The van der Waals surface area contributed by atoms with Crippen LogP contribution in [-0.2, 0) is 38.1 Å². The molecule has 0 fully saturated rings. The monoisotopic (exact) mass is 1100 g/mol. The Labute approximate surface area is 445 Å². The number of benzene rings is 4. The Kier molecular flexibility index (Phi) is 27.5. The average Bonchev–Trinajstić information content (AvgIpc) is 3.29. The first-order valence-electron chi connectivity index (χ1n) is 21.7. The van der Waals surface area contributed by atoms with E-state index in [1.807, 2.05) is 60.7 Å². The highest BCUT2D eigenvalue weighted by Gasteiger charge is 2.27. The summed E-state index contributed by atoms with van der Waals surface area (Å²) in [5.41, 5.74) is 7.44. The van der Waals surface area contributed by atoms with Crippen LogP contribution in [0.3, 0.4) is 0 Å². The van der Waals surface area contributed by atoms with E-state index in [-0.39, 0.29) is 95.1 Å². The molecule has 22 heteroatoms. The van der Waals surface area contributed by atoms with E-state index in [2.05, 4.69) is 20.7 Å². The molecule has 3 amide bonds. The fourth-order valence-electron chi connectivity index (χ4n) is 5.82. The molecule has 0 aliphatic rings. The molecule has 0 radical (unpaired) electrons. The van der Waals surface area contributed by atoms with Gasteiger partial charge in [-0.05, 0) is 101 Å². The van der Waals surface area contributed by atoms with Crippen molar-refractivity contribution in [1.82, 2.24) is 16.0 Å². The lowest BCUT2D eigenvalue weighted by atomic mass is 10.0. The van der Waals surface area contributed by atoms with Crippen molar-refractivity contribution in [2.24, 2.45) is 5.73 Å². The van der Waals surface area contributed by atoms with E-state index in [9.17, 15) is 38.4 Å². The number of aromatic carboxylic acids is 1. The SMILES string of the molecule is COC(=O)[C@@H](N)CCC(=O)CNC(=O)OC(C)(C)C.COC(=O)[C@H](CCC(=O)CNC(=O)OC(C)(C)C)NC(=O)c1c(Cl)cc(-c2ccccc2)cc1Cl.O=C(O)c1c(Cl)cc(-c2ccccc2)cc1Cl.S. The number of halogens is 4. The standard InChI is InChI=1S/C25H28Cl2N2O6.C13H8Cl2O2.C12H22N2O5.H2S/c1-25(2,3)35-24(33)28-14-17(30)10-11-20(23(32)34-4)29-22(31)21-18(26)12-16(13-19(21)27)15-8-6-5-7-9-15;14-10-6-9(8-4-2-1-3-5-8)7-11(15)12(10)13(16)17;1-12(2,3)19-11(17)14-7-8(15)5-6-9(13)10(16)18-4;/h5-9,12-13,20H,10-11,14H2,1-4H3,(H,28,33)(H,29,31);1-7H,(H,16,17);9H,5-7,13H2,1-4H3,(H,14,17);1H2/t20-;;9-;/m0.0./s1. The first-order chi connectivity index (χ1) is 33.2. The maximum absolute atomic E-state index is 12.9. The molecule has 0 bridgehead atoms. The number of methoxy groups -OCH3 is 2. The second-order valence-electron chi connectivity index (χ2n) is 17.2. The molecule has 4 rings (SSSR count). The van der Waals surface area contributed by atoms with Crippen molar-refractivity contribution in [2.75, 3.05) is 27.3 Å². The highest BCUT2D eigenvalue weighted by molar-refractivity contribution is 7.59. The van der Waals surface area contributed by atoms with Crippen molar-refractivity contribution >= 4 is 107 Å². The van der Waals surface area contributed by atoms with Crippen LogP contribution >= 0.6 is 59.9 Å². The normalized spacial score (nSPS) is 11.5. The number of Topliss-reactive ketones (excluding diaryl/α,β-unsaturated/α-hetero) is 2. The van der Waals surface area contributed by atoms with Crippen molar-refractivity contribution in [3.05, 3.63) is 116 Å². The lowest BCUT2D eigenvalue weighted by molar-refractivity contribution is -0.143. The molecule has 0 aromatic heterocycles. The number of ether oxygens (including phenoxy) is 4. The Bertz CT molecular complexity index is 2460. The predicted octanol–water partition coefficient (Wildman–Crippen LogP) is 9.64. The summed E-state index contributed by atoms with van der Waals surface area (Å²) in [6, 6.07) is 23.3. The van der Waals surface area contributed by atoms with Crippen molar-refractivity contribution in [1.29, 1.82) is 0 Å². The summed E-state index contributed by atoms with van der Waals surface area (Å²) in [5, 5.41) is 16.7. The number of alkyl carbamates (subject to hydrolysis) is 2. The van der Waals surface area contributed by atoms with Gasteiger partial charge in [0.1, 0.15) is 23.3 Å². The van der Waals surface area contributed by atoms with Crippen LogP contribution in [-0.4, -0.2) is 103 Å². The minimum absolute atomic E-state index is 0. The van der Waals surface area contributed by atoms with Gasteiger partial charge in [-0.2, -0.15) is 13.5 Å². The first-order valence-corrected chi connectivity index (χ1v) is 23.2. The van der Waals surface area contributed by atoms with Gasteiger partial charge in [-0.1, -0.05) is 107 Å². The van der Waals surface area contributed by atoms with Gasteiger partial charge in [0.05, 0.1) is 58.5 Å². The first kappa shape index (κ1) is 64.1. The highest BCUT2D eigenvalue weighted by Crippen LogP contribution is 2.33. The average molecular weight is 1100 g/mol. The van der Waals surface area contributed by atoms with Gasteiger partial charge in [0.15, 0.2) is 11.6 Å². The summed E-state index contributed by atoms with van der Waals surface area (Å²) in [7, 11) is 2.40. The van der Waals surface area contributed by atoms with Crippen LogP contribution < -0.4 is 21.7 Å². The van der Waals surface area contributed by atoms with Crippen molar-refractivity contribution < 1.29 is 62.4 Å². The Morgan fingerprint density at radius 1 is 0.569 bits per heavy atom. The smallest absolute Gasteiger partial charge is 0.408 e. The van der Waals surface area contributed by atoms with E-state index in [1.54, 1.807) is 65.8 Å². The van der Waals surface area contributed by atoms with Crippen LogP contribution in [0.2, 0.25) is 20.1 Å². The van der Waals surface area contributed by atoms with Gasteiger partial charge in [-0.15, -0.1) is 0 Å². The quantitative estimate of drug-likeness (QED) is 0.0487. The number of carbonyl (C=O) groups excluding carboxylic acids is 7. The largest absolute Gasteiger partial charge is 0.478 e. The number of carboxylic acid groups (broad SMARTS) is 1. The summed E-state index contributed by atoms with van der Waals surface area (Å²) in [6.45, 7) is 9.85. The molecule has 0 spiro atoms. The molecule has 4 aromatic carbocycles. The van der Waals surface area contributed by atoms with E-state index in [0.717, 1.165) is 22.3 Å². The number of rotatable bonds is 17. The summed E-state index contributed by atoms with van der Waals surface area (Å²) in [5.74, 6) is -3.70. The zero-order chi connectivity index (χ0) is 53.6. The summed E-state index contributed by atoms with van der Waals surface area (Å²) >= 11 is 24.5. The summed E-state index contributed by atoms with van der Waals surface area (Å²) in [4.78, 5) is 93.7. The predicted molar refractivity (Wildman–Crippen MR) is 281 cm³/mol. The lowest BCUT2D eigenvalue weighted by Gasteiger charge is -2.20. The van der Waals surface area contributed by atoms with Gasteiger partial charge in [0.25, 0.3) is 5.91 Å². The molecule has 17 nitrogen and oxygen atoms in total. The molecule has 0 aliphatic heterocycles. The molecule has 392 valence electrons. The highest BCUT2D eigenvalue weighted by atomic mass is 35.5. The molecule has 4 aromatic rings.